The maximum atomic E-state index is 13.4. The number of aromatic nitrogens is 2. The van der Waals surface area contributed by atoms with Gasteiger partial charge in [0.1, 0.15) is 6.04 Å². The van der Waals surface area contributed by atoms with Gasteiger partial charge in [-0.1, -0.05) is 30.7 Å². The largest absolute Gasteiger partial charge is 0.405 e. The summed E-state index contributed by atoms with van der Waals surface area (Å²) < 4.78 is 40.1. The van der Waals surface area contributed by atoms with Gasteiger partial charge in [0, 0.05) is 38.6 Å². The monoisotopic (exact) mass is 445 g/mol. The van der Waals surface area contributed by atoms with E-state index < -0.39 is 12.2 Å². The van der Waals surface area contributed by atoms with E-state index in [0.29, 0.717) is 13.1 Å². The number of piperazine rings is 1. The lowest BCUT2D eigenvalue weighted by molar-refractivity contribution is -0.163. The van der Waals surface area contributed by atoms with Gasteiger partial charge < -0.3 is 15.5 Å². The zero-order chi connectivity index (χ0) is 23.1. The molecule has 1 aliphatic rings. The molecule has 1 unspecified atom stereocenters. The van der Waals surface area contributed by atoms with Crippen LogP contribution in [0.25, 0.3) is 11.0 Å². The van der Waals surface area contributed by atoms with E-state index in [0.717, 1.165) is 40.0 Å². The van der Waals surface area contributed by atoms with Gasteiger partial charge in [-0.25, -0.2) is 0 Å². The molecule has 2 heterocycles. The first-order valence-electron chi connectivity index (χ1n) is 10.8. The summed E-state index contributed by atoms with van der Waals surface area (Å²) in [6, 6.07) is 4.32. The lowest BCUT2D eigenvalue weighted by Crippen LogP contribution is -2.56. The number of halogens is 3. The molecule has 32 heavy (non-hydrogen) atoms. The van der Waals surface area contributed by atoms with Gasteiger partial charge in [0.2, 0.25) is 0 Å². The number of alkyl halides is 3. The van der Waals surface area contributed by atoms with Crippen molar-refractivity contribution in [3.8, 4) is 0 Å². The smallest absolute Gasteiger partial charge is 0.380 e. The van der Waals surface area contributed by atoms with Crippen molar-refractivity contribution in [3.63, 3.8) is 0 Å². The van der Waals surface area contributed by atoms with Gasteiger partial charge in [-0.2, -0.15) is 13.2 Å². The highest BCUT2D eigenvalue weighted by molar-refractivity contribution is 5.74. The zero-order valence-corrected chi connectivity index (χ0v) is 18.7. The first kappa shape index (κ1) is 23.8. The van der Waals surface area contributed by atoms with Crippen LogP contribution in [0, 0.1) is 0 Å². The van der Waals surface area contributed by atoms with Crippen molar-refractivity contribution in [2.45, 2.75) is 46.0 Å². The fourth-order valence-electron chi connectivity index (χ4n) is 3.55. The minimum Gasteiger partial charge on any atom is -0.380 e. The van der Waals surface area contributed by atoms with E-state index in [-0.39, 0.29) is 13.1 Å². The van der Waals surface area contributed by atoms with Crippen molar-refractivity contribution in [3.05, 3.63) is 71.4 Å². The lowest BCUT2D eigenvalue weighted by Gasteiger charge is -2.38. The number of benzene rings is 1. The fourth-order valence-corrected chi connectivity index (χ4v) is 3.55. The summed E-state index contributed by atoms with van der Waals surface area (Å²) >= 11 is 0. The van der Waals surface area contributed by atoms with Crippen LogP contribution in [0.1, 0.15) is 32.8 Å². The van der Waals surface area contributed by atoms with Gasteiger partial charge in [0.15, 0.2) is 0 Å². The van der Waals surface area contributed by atoms with Gasteiger partial charge in [-0.05, 0) is 44.0 Å². The molecule has 1 aliphatic heterocycles. The average Bonchev–Trinajstić information content (AvgIpc) is 2.80. The van der Waals surface area contributed by atoms with Crippen molar-refractivity contribution < 1.29 is 13.2 Å². The summed E-state index contributed by atoms with van der Waals surface area (Å²) in [5, 5.41) is 6.00. The minimum absolute atomic E-state index is 0.126. The molecule has 0 radical (unpaired) electrons. The molecule has 172 valence electrons. The molecule has 0 bridgehead atoms. The summed E-state index contributed by atoms with van der Waals surface area (Å²) in [5.74, 6) is 0. The first-order valence-corrected chi connectivity index (χ1v) is 10.8. The van der Waals surface area contributed by atoms with Crippen molar-refractivity contribution in [2.75, 3.05) is 19.6 Å². The molecule has 0 spiro atoms. The molecule has 0 amide bonds. The van der Waals surface area contributed by atoms with Crippen LogP contribution in [0.2, 0.25) is 0 Å². The van der Waals surface area contributed by atoms with Gasteiger partial charge >= 0.3 is 6.18 Å². The van der Waals surface area contributed by atoms with Crippen LogP contribution >= 0.6 is 0 Å². The van der Waals surface area contributed by atoms with Crippen LogP contribution < -0.4 is 10.6 Å². The zero-order valence-electron chi connectivity index (χ0n) is 18.7. The van der Waals surface area contributed by atoms with Crippen LogP contribution in [0.15, 0.2) is 65.8 Å². The van der Waals surface area contributed by atoms with Crippen molar-refractivity contribution in [1.29, 1.82) is 0 Å². The average molecular weight is 446 g/mol. The third-order valence-corrected chi connectivity index (χ3v) is 5.58. The molecule has 0 aliphatic carbocycles. The van der Waals surface area contributed by atoms with Crippen LogP contribution in [0.3, 0.4) is 0 Å². The predicted molar refractivity (Wildman–Crippen MR) is 122 cm³/mol. The molecular formula is C24H30F3N5. The van der Waals surface area contributed by atoms with Crippen LogP contribution in [0.5, 0.6) is 0 Å². The van der Waals surface area contributed by atoms with Crippen molar-refractivity contribution in [1.82, 2.24) is 25.5 Å². The highest BCUT2D eigenvalue weighted by Crippen LogP contribution is 2.26. The summed E-state index contributed by atoms with van der Waals surface area (Å²) in [6.45, 7) is 7.14. The molecule has 0 saturated carbocycles. The summed E-state index contributed by atoms with van der Waals surface area (Å²) in [4.78, 5) is 10.4. The molecule has 2 N–H and O–H groups in total. The van der Waals surface area contributed by atoms with E-state index in [4.69, 9.17) is 0 Å². The Morgan fingerprint density at radius 3 is 2.66 bits per heavy atom. The molecule has 1 atom stereocenters. The van der Waals surface area contributed by atoms with Crippen LogP contribution in [-0.4, -0.2) is 46.7 Å². The van der Waals surface area contributed by atoms with Gasteiger partial charge in [-0.3, -0.25) is 9.97 Å². The third kappa shape index (κ3) is 6.09. The second-order valence-electron chi connectivity index (χ2n) is 7.85. The highest BCUT2D eigenvalue weighted by atomic mass is 19.4. The molecule has 1 aromatic heterocycles. The Morgan fingerprint density at radius 1 is 1.22 bits per heavy atom. The number of hydrogen-bond acceptors (Lipinski definition) is 5. The van der Waals surface area contributed by atoms with Gasteiger partial charge in [-0.15, -0.1) is 0 Å². The SMILES string of the molecule is C\C=C(NCc1ccc2nccnc2c1)/C(=C\C=C(/C)CC)N1CCNC(C(F)(F)F)C1. The normalized spacial score (nSPS) is 18.9. The van der Waals surface area contributed by atoms with E-state index in [2.05, 4.69) is 27.5 Å². The van der Waals surface area contributed by atoms with E-state index in [1.807, 2.05) is 55.2 Å². The molecule has 5 nitrogen and oxygen atoms in total. The maximum absolute atomic E-state index is 13.4. The predicted octanol–water partition coefficient (Wildman–Crippen LogP) is 4.70. The second kappa shape index (κ2) is 10.6. The summed E-state index contributed by atoms with van der Waals surface area (Å²) in [5.41, 5.74) is 5.37. The molecule has 1 saturated heterocycles. The Hall–Kier alpha value is -2.87. The Labute approximate surface area is 187 Å². The van der Waals surface area contributed by atoms with Gasteiger partial charge in [0.25, 0.3) is 0 Å². The number of nitrogens with one attached hydrogen (secondary N) is 2. The van der Waals surface area contributed by atoms with E-state index in [1.54, 1.807) is 12.4 Å². The Kier molecular flexibility index (Phi) is 7.90. The third-order valence-electron chi connectivity index (χ3n) is 5.58. The fraction of sp³-hybridized carbons (Fsp3) is 0.417. The number of hydrogen-bond donors (Lipinski definition) is 2. The lowest BCUT2D eigenvalue weighted by atomic mass is 10.1. The maximum Gasteiger partial charge on any atom is 0.405 e. The minimum atomic E-state index is -4.28. The quantitative estimate of drug-likeness (QED) is 0.605. The van der Waals surface area contributed by atoms with E-state index >= 15 is 0 Å². The van der Waals surface area contributed by atoms with E-state index in [1.165, 1.54) is 0 Å². The Morgan fingerprint density at radius 2 is 1.97 bits per heavy atom. The molecule has 1 fully saturated rings. The number of fused-ring (bicyclic) bond motifs is 1. The first-order chi connectivity index (χ1) is 15.3. The van der Waals surface area contributed by atoms with E-state index in [9.17, 15) is 13.2 Å². The Bertz CT molecular complexity index is 1010. The van der Waals surface area contributed by atoms with Crippen LogP contribution in [-0.2, 0) is 6.54 Å². The topological polar surface area (TPSA) is 53.1 Å². The molecule has 3 rings (SSSR count). The summed E-state index contributed by atoms with van der Waals surface area (Å²) in [7, 11) is 0. The molecule has 2 aromatic rings. The van der Waals surface area contributed by atoms with Crippen molar-refractivity contribution in [2.24, 2.45) is 0 Å². The number of rotatable bonds is 7. The number of allylic oxidation sites excluding steroid dienone is 4. The standard InChI is InChI=1S/C24H30F3N5/c1-4-17(3)6-9-22(32-13-12-30-23(16-32)24(25,26)27)19(5-2)31-15-18-7-8-20-21(14-18)29-11-10-28-20/h5-11,14,23,30-31H,4,12-13,15-16H2,1-3H3/b17-6+,19-5+,22-9+. The highest BCUT2D eigenvalue weighted by Gasteiger charge is 2.42. The molecular weight excluding hydrogens is 415 g/mol. The second-order valence-corrected chi connectivity index (χ2v) is 7.85. The summed E-state index contributed by atoms with van der Waals surface area (Å²) in [6.07, 6.45) is 5.72. The molecule has 8 heteroatoms. The Balaban J connectivity index is 1.83. The molecule has 1 aromatic carbocycles. The van der Waals surface area contributed by atoms with Crippen LogP contribution in [0.4, 0.5) is 13.2 Å². The van der Waals surface area contributed by atoms with Gasteiger partial charge in [0.05, 0.1) is 22.4 Å². The number of nitrogens with zero attached hydrogens (tertiary/aromatic N) is 3. The van der Waals surface area contributed by atoms with Crippen molar-refractivity contribution >= 4 is 11.0 Å².